The fraction of sp³-hybridized carbons (Fsp3) is 0.0588. The first-order valence-electron chi connectivity index (χ1n) is 7.33. The molecule has 0 spiro atoms. The molecule has 9 heteroatoms. The van der Waals surface area contributed by atoms with Crippen molar-refractivity contribution in [1.82, 2.24) is 14.8 Å². The molecule has 3 rings (SSSR count). The second-order valence-electron chi connectivity index (χ2n) is 5.14. The molecule has 1 amide bonds. The van der Waals surface area contributed by atoms with Crippen LogP contribution in [-0.4, -0.2) is 20.7 Å². The van der Waals surface area contributed by atoms with Gasteiger partial charge in [0.2, 0.25) is 0 Å². The number of nitrogens with one attached hydrogen (secondary N) is 1. The van der Waals surface area contributed by atoms with Crippen LogP contribution in [-0.2, 0) is 4.79 Å². The minimum absolute atomic E-state index is 0.101. The molecule has 0 aliphatic carbocycles. The van der Waals surface area contributed by atoms with E-state index in [9.17, 15) is 10.1 Å². The van der Waals surface area contributed by atoms with Crippen LogP contribution >= 0.6 is 34.5 Å². The minimum atomic E-state index is -0.562. The Morgan fingerprint density at radius 2 is 2.23 bits per heavy atom. The lowest BCUT2D eigenvalue weighted by atomic mass is 10.1. The molecule has 0 aliphatic heterocycles. The number of aromatic nitrogens is 3. The Bertz CT molecular complexity index is 1030. The highest BCUT2D eigenvalue weighted by Gasteiger charge is 2.17. The van der Waals surface area contributed by atoms with Crippen LogP contribution in [0.25, 0.3) is 11.8 Å². The number of anilines is 1. The van der Waals surface area contributed by atoms with Gasteiger partial charge in [-0.25, -0.2) is 9.67 Å². The fourth-order valence-corrected chi connectivity index (χ4v) is 3.23. The highest BCUT2D eigenvalue weighted by Crippen LogP contribution is 2.27. The number of nitriles is 1. The molecule has 0 fully saturated rings. The summed E-state index contributed by atoms with van der Waals surface area (Å²) in [5, 5.41) is 19.2. The fourth-order valence-electron chi connectivity index (χ4n) is 2.20. The summed E-state index contributed by atoms with van der Waals surface area (Å²) in [6.07, 6.45) is 2.97. The van der Waals surface area contributed by atoms with Crippen molar-refractivity contribution in [1.29, 1.82) is 5.26 Å². The monoisotopic (exact) mass is 403 g/mol. The smallest absolute Gasteiger partial charge is 0.268 e. The van der Waals surface area contributed by atoms with Crippen molar-refractivity contribution in [3.63, 3.8) is 0 Å². The Balaban J connectivity index is 1.97. The predicted octanol–water partition coefficient (Wildman–Crippen LogP) is 4.49. The number of rotatable bonds is 4. The Morgan fingerprint density at radius 3 is 2.88 bits per heavy atom. The summed E-state index contributed by atoms with van der Waals surface area (Å²) >= 11 is 13.7. The van der Waals surface area contributed by atoms with Crippen molar-refractivity contribution in [3.8, 4) is 11.8 Å². The number of hydrogen-bond acceptors (Lipinski definition) is 5. The maximum absolute atomic E-state index is 12.3. The molecule has 26 heavy (non-hydrogen) atoms. The van der Waals surface area contributed by atoms with Crippen molar-refractivity contribution < 1.29 is 4.79 Å². The van der Waals surface area contributed by atoms with E-state index in [2.05, 4.69) is 15.4 Å². The third-order valence-electron chi connectivity index (χ3n) is 3.41. The molecule has 0 bridgehead atoms. The maximum atomic E-state index is 12.3. The van der Waals surface area contributed by atoms with Gasteiger partial charge in [-0.1, -0.05) is 29.3 Å². The van der Waals surface area contributed by atoms with Crippen molar-refractivity contribution in [2.45, 2.75) is 6.92 Å². The zero-order chi connectivity index (χ0) is 18.7. The predicted molar refractivity (Wildman–Crippen MR) is 103 cm³/mol. The zero-order valence-electron chi connectivity index (χ0n) is 13.4. The highest BCUT2D eigenvalue weighted by molar-refractivity contribution is 7.13. The van der Waals surface area contributed by atoms with Gasteiger partial charge in [0.1, 0.15) is 16.8 Å². The van der Waals surface area contributed by atoms with Gasteiger partial charge in [0.05, 0.1) is 11.4 Å². The molecule has 2 aromatic heterocycles. The number of thiazole rings is 1. The molecule has 0 unspecified atom stereocenters. The summed E-state index contributed by atoms with van der Waals surface area (Å²) in [5.41, 5.74) is 1.63. The van der Waals surface area contributed by atoms with Gasteiger partial charge >= 0.3 is 0 Å². The van der Waals surface area contributed by atoms with E-state index in [-0.39, 0.29) is 10.7 Å². The molecule has 0 saturated heterocycles. The second-order valence-corrected chi connectivity index (χ2v) is 6.83. The first-order valence-corrected chi connectivity index (χ1v) is 8.97. The molecular formula is C17H11Cl2N5OS. The lowest BCUT2D eigenvalue weighted by Crippen LogP contribution is -2.13. The number of nitrogens with zero attached hydrogens (tertiary/aromatic N) is 4. The molecular weight excluding hydrogens is 393 g/mol. The van der Waals surface area contributed by atoms with Crippen LogP contribution in [0.1, 0.15) is 11.3 Å². The molecule has 0 saturated carbocycles. The van der Waals surface area contributed by atoms with E-state index < -0.39 is 5.91 Å². The quantitative estimate of drug-likeness (QED) is 0.513. The summed E-state index contributed by atoms with van der Waals surface area (Å²) in [7, 11) is 0. The van der Waals surface area contributed by atoms with E-state index in [1.54, 1.807) is 42.8 Å². The number of hydrogen-bond donors (Lipinski definition) is 1. The third kappa shape index (κ3) is 3.78. The lowest BCUT2D eigenvalue weighted by Gasteiger charge is -2.03. The highest BCUT2D eigenvalue weighted by atomic mass is 35.5. The molecule has 1 N–H and O–H groups in total. The summed E-state index contributed by atoms with van der Waals surface area (Å²) in [6.45, 7) is 1.74. The second kappa shape index (κ2) is 7.70. The summed E-state index contributed by atoms with van der Waals surface area (Å²) in [4.78, 5) is 16.2. The van der Waals surface area contributed by atoms with Crippen molar-refractivity contribution in [2.24, 2.45) is 0 Å². The topological polar surface area (TPSA) is 83.6 Å². The van der Waals surface area contributed by atoms with Gasteiger partial charge in [0.25, 0.3) is 5.91 Å². The van der Waals surface area contributed by atoms with Crippen LogP contribution in [0.2, 0.25) is 10.2 Å². The van der Waals surface area contributed by atoms with Gasteiger partial charge in [0.15, 0.2) is 5.13 Å². The molecule has 0 aliphatic rings. The van der Waals surface area contributed by atoms with Crippen LogP contribution in [0.5, 0.6) is 0 Å². The molecule has 6 nitrogen and oxygen atoms in total. The van der Waals surface area contributed by atoms with Crippen LogP contribution < -0.4 is 5.32 Å². The number of benzene rings is 1. The average Bonchev–Trinajstić information content (AvgIpc) is 3.21. The van der Waals surface area contributed by atoms with Crippen LogP contribution in [0.4, 0.5) is 5.13 Å². The van der Waals surface area contributed by atoms with Crippen LogP contribution in [0.3, 0.4) is 0 Å². The van der Waals surface area contributed by atoms with Gasteiger partial charge in [-0.05, 0) is 31.2 Å². The van der Waals surface area contributed by atoms with E-state index in [1.807, 2.05) is 6.07 Å². The normalized spacial score (nSPS) is 11.2. The first kappa shape index (κ1) is 18.1. The lowest BCUT2D eigenvalue weighted by molar-refractivity contribution is -0.112. The molecule has 2 heterocycles. The third-order valence-corrected chi connectivity index (χ3v) is 4.69. The Hall–Kier alpha value is -2.66. The SMILES string of the molecule is Cc1nn(-c2cccc(Cl)c2)c(Cl)c1/C=C(\C#N)C(=O)Nc1nccs1. The summed E-state index contributed by atoms with van der Waals surface area (Å²) < 4.78 is 1.50. The number of carbonyl (C=O) groups is 1. The molecule has 0 atom stereocenters. The number of amides is 1. The Morgan fingerprint density at radius 1 is 1.42 bits per heavy atom. The summed E-state index contributed by atoms with van der Waals surface area (Å²) in [5.74, 6) is -0.562. The van der Waals surface area contributed by atoms with Crippen molar-refractivity contribution in [3.05, 3.63) is 62.8 Å². The standard InChI is InChI=1S/C17H11Cl2N5OS/c1-10-14(7-11(9-20)16(25)22-17-21-5-6-26-17)15(19)24(23-10)13-4-2-3-12(18)8-13/h2-8H,1H3,(H,21,22,25)/b11-7+. The van der Waals surface area contributed by atoms with Gasteiger partial charge in [-0.2, -0.15) is 10.4 Å². The molecule has 130 valence electrons. The van der Waals surface area contributed by atoms with E-state index in [0.717, 1.165) is 0 Å². The maximum Gasteiger partial charge on any atom is 0.268 e. The van der Waals surface area contributed by atoms with E-state index >= 15 is 0 Å². The van der Waals surface area contributed by atoms with Crippen LogP contribution in [0, 0.1) is 18.3 Å². The van der Waals surface area contributed by atoms with E-state index in [4.69, 9.17) is 23.2 Å². The molecule has 0 radical (unpaired) electrons. The van der Waals surface area contributed by atoms with Gasteiger partial charge in [-0.15, -0.1) is 11.3 Å². The molecule has 3 aromatic rings. The van der Waals surface area contributed by atoms with Gasteiger partial charge in [0, 0.05) is 22.2 Å². The van der Waals surface area contributed by atoms with E-state index in [0.29, 0.717) is 27.1 Å². The minimum Gasteiger partial charge on any atom is -0.297 e. The van der Waals surface area contributed by atoms with Crippen molar-refractivity contribution in [2.75, 3.05) is 5.32 Å². The Kier molecular flexibility index (Phi) is 5.38. The largest absolute Gasteiger partial charge is 0.297 e. The summed E-state index contributed by atoms with van der Waals surface area (Å²) in [6, 6.07) is 8.93. The number of carbonyl (C=O) groups excluding carboxylic acids is 1. The number of aryl methyl sites for hydroxylation is 1. The van der Waals surface area contributed by atoms with E-state index in [1.165, 1.54) is 22.1 Å². The van der Waals surface area contributed by atoms with Gasteiger partial charge < -0.3 is 0 Å². The van der Waals surface area contributed by atoms with Crippen molar-refractivity contribution >= 4 is 51.7 Å². The Labute approximate surface area is 163 Å². The molecule has 1 aromatic carbocycles. The van der Waals surface area contributed by atoms with Gasteiger partial charge in [-0.3, -0.25) is 10.1 Å². The average molecular weight is 404 g/mol. The zero-order valence-corrected chi connectivity index (χ0v) is 15.7. The first-order chi connectivity index (χ1) is 12.5. The van der Waals surface area contributed by atoms with Crippen LogP contribution in [0.15, 0.2) is 41.4 Å². The number of halogens is 2.